The van der Waals surface area contributed by atoms with Crippen LogP contribution in [0.5, 0.6) is 0 Å². The quantitative estimate of drug-likeness (QED) is 0.865. The van der Waals surface area contributed by atoms with E-state index in [-0.39, 0.29) is 0 Å². The van der Waals surface area contributed by atoms with Crippen LogP contribution in [0.3, 0.4) is 0 Å². The van der Waals surface area contributed by atoms with Gasteiger partial charge in [0, 0.05) is 28.2 Å². The van der Waals surface area contributed by atoms with E-state index in [0.29, 0.717) is 11.6 Å². The third-order valence-electron chi connectivity index (χ3n) is 2.06. The van der Waals surface area contributed by atoms with Crippen molar-refractivity contribution in [2.75, 3.05) is 0 Å². The van der Waals surface area contributed by atoms with Crippen LogP contribution >= 0.6 is 27.5 Å². The number of aromatic nitrogens is 1. The summed E-state index contributed by atoms with van der Waals surface area (Å²) in [5.41, 5.74) is 7.30. The standard InChI is InChI=1S/C10H8BrClN2/c11-7-1-2-9-8(3-7)10(12)6(4-13)5-14-9/h1-3,5H,4,13H2. The summed E-state index contributed by atoms with van der Waals surface area (Å²) < 4.78 is 0.989. The van der Waals surface area contributed by atoms with Crippen LogP contribution in [0.2, 0.25) is 5.02 Å². The molecule has 0 bridgehead atoms. The first kappa shape index (κ1) is 9.90. The molecule has 2 N–H and O–H groups in total. The molecule has 0 aliphatic heterocycles. The first-order chi connectivity index (χ1) is 6.72. The van der Waals surface area contributed by atoms with Crippen molar-refractivity contribution in [2.24, 2.45) is 5.73 Å². The smallest absolute Gasteiger partial charge is 0.0717 e. The van der Waals surface area contributed by atoms with Crippen LogP contribution in [0.25, 0.3) is 10.9 Å². The van der Waals surface area contributed by atoms with Gasteiger partial charge in [0.15, 0.2) is 0 Å². The van der Waals surface area contributed by atoms with Crippen LogP contribution in [0.15, 0.2) is 28.9 Å². The summed E-state index contributed by atoms with van der Waals surface area (Å²) in [7, 11) is 0. The van der Waals surface area contributed by atoms with Crippen molar-refractivity contribution in [1.82, 2.24) is 4.98 Å². The maximum atomic E-state index is 6.17. The Hall–Kier alpha value is -0.640. The Labute approximate surface area is 95.2 Å². The van der Waals surface area contributed by atoms with E-state index in [4.69, 9.17) is 17.3 Å². The number of nitrogens with zero attached hydrogens (tertiary/aromatic N) is 1. The zero-order valence-electron chi connectivity index (χ0n) is 7.30. The van der Waals surface area contributed by atoms with Crippen LogP contribution in [-0.4, -0.2) is 4.98 Å². The lowest BCUT2D eigenvalue weighted by atomic mass is 10.1. The van der Waals surface area contributed by atoms with Gasteiger partial charge in [-0.15, -0.1) is 0 Å². The second-order valence-electron chi connectivity index (χ2n) is 2.96. The van der Waals surface area contributed by atoms with Crippen LogP contribution < -0.4 is 5.73 Å². The number of hydrogen-bond donors (Lipinski definition) is 1. The van der Waals surface area contributed by atoms with Crippen molar-refractivity contribution in [1.29, 1.82) is 0 Å². The molecule has 0 radical (unpaired) electrons. The Kier molecular flexibility index (Phi) is 2.72. The van der Waals surface area contributed by atoms with Gasteiger partial charge in [0.05, 0.1) is 10.5 Å². The molecule has 2 nitrogen and oxygen atoms in total. The molecule has 0 fully saturated rings. The fraction of sp³-hybridized carbons (Fsp3) is 0.100. The SMILES string of the molecule is NCc1cnc2ccc(Br)cc2c1Cl. The second-order valence-corrected chi connectivity index (χ2v) is 4.26. The Bertz CT molecular complexity index is 485. The molecule has 4 heteroatoms. The van der Waals surface area contributed by atoms with Gasteiger partial charge in [0.25, 0.3) is 0 Å². The summed E-state index contributed by atoms with van der Waals surface area (Å²) in [6.45, 7) is 0.411. The highest BCUT2D eigenvalue weighted by molar-refractivity contribution is 9.10. The second kappa shape index (κ2) is 3.85. The largest absolute Gasteiger partial charge is 0.326 e. The van der Waals surface area contributed by atoms with E-state index in [0.717, 1.165) is 20.9 Å². The third-order valence-corrected chi connectivity index (χ3v) is 3.00. The molecule has 0 aliphatic carbocycles. The molecule has 0 aliphatic rings. The molecule has 0 saturated carbocycles. The number of halogens is 2. The lowest BCUT2D eigenvalue weighted by molar-refractivity contribution is 1.06. The fourth-order valence-electron chi connectivity index (χ4n) is 1.32. The minimum Gasteiger partial charge on any atom is -0.326 e. The first-order valence-corrected chi connectivity index (χ1v) is 5.32. The van der Waals surface area contributed by atoms with E-state index in [1.54, 1.807) is 6.20 Å². The van der Waals surface area contributed by atoms with Crippen LogP contribution in [0.4, 0.5) is 0 Å². The van der Waals surface area contributed by atoms with Crippen molar-refractivity contribution in [3.63, 3.8) is 0 Å². The molecule has 0 saturated heterocycles. The van der Waals surface area contributed by atoms with Crippen LogP contribution in [-0.2, 0) is 6.54 Å². The van der Waals surface area contributed by atoms with Crippen LogP contribution in [0.1, 0.15) is 5.56 Å². The predicted molar refractivity (Wildman–Crippen MR) is 62.3 cm³/mol. The van der Waals surface area contributed by atoms with Gasteiger partial charge in [0.2, 0.25) is 0 Å². The lowest BCUT2D eigenvalue weighted by Gasteiger charge is -2.04. The lowest BCUT2D eigenvalue weighted by Crippen LogP contribution is -1.98. The first-order valence-electron chi connectivity index (χ1n) is 4.15. The number of nitrogens with two attached hydrogens (primary N) is 1. The van der Waals surface area contributed by atoms with Gasteiger partial charge < -0.3 is 5.73 Å². The van der Waals surface area contributed by atoms with E-state index in [1.807, 2.05) is 18.2 Å². The van der Waals surface area contributed by atoms with Crippen molar-refractivity contribution in [3.8, 4) is 0 Å². The van der Waals surface area contributed by atoms with Crippen molar-refractivity contribution in [2.45, 2.75) is 6.54 Å². The van der Waals surface area contributed by atoms with Gasteiger partial charge in [0.1, 0.15) is 0 Å². The maximum Gasteiger partial charge on any atom is 0.0717 e. The molecule has 2 rings (SSSR count). The Morgan fingerprint density at radius 1 is 1.43 bits per heavy atom. The van der Waals surface area contributed by atoms with Crippen molar-refractivity contribution < 1.29 is 0 Å². The summed E-state index contributed by atoms with van der Waals surface area (Å²) >= 11 is 9.57. The Balaban J connectivity index is 2.79. The molecule has 1 aromatic heterocycles. The number of fused-ring (bicyclic) bond motifs is 1. The molecular weight excluding hydrogens is 263 g/mol. The fourth-order valence-corrected chi connectivity index (χ4v) is 1.95. The van der Waals surface area contributed by atoms with Gasteiger partial charge in [-0.25, -0.2) is 0 Å². The van der Waals surface area contributed by atoms with E-state index < -0.39 is 0 Å². The number of hydrogen-bond acceptors (Lipinski definition) is 2. The molecule has 2 aromatic rings. The van der Waals surface area contributed by atoms with Gasteiger partial charge in [-0.2, -0.15) is 0 Å². The van der Waals surface area contributed by atoms with Gasteiger partial charge in [-0.05, 0) is 18.2 Å². The van der Waals surface area contributed by atoms with E-state index in [1.165, 1.54) is 0 Å². The molecular formula is C10H8BrClN2. The van der Waals surface area contributed by atoms with Crippen molar-refractivity contribution >= 4 is 38.4 Å². The normalized spacial score (nSPS) is 10.8. The highest BCUT2D eigenvalue weighted by Gasteiger charge is 2.05. The molecule has 0 amide bonds. The van der Waals surface area contributed by atoms with E-state index in [9.17, 15) is 0 Å². The average molecular weight is 272 g/mol. The number of benzene rings is 1. The van der Waals surface area contributed by atoms with Gasteiger partial charge in [-0.1, -0.05) is 27.5 Å². The topological polar surface area (TPSA) is 38.9 Å². The summed E-state index contributed by atoms with van der Waals surface area (Å²) in [5, 5.41) is 1.63. The average Bonchev–Trinajstić information content (AvgIpc) is 2.20. The van der Waals surface area contributed by atoms with Gasteiger partial charge >= 0.3 is 0 Å². The van der Waals surface area contributed by atoms with E-state index >= 15 is 0 Å². The minimum atomic E-state index is 0.411. The molecule has 14 heavy (non-hydrogen) atoms. The summed E-state index contributed by atoms with van der Waals surface area (Å²) in [6.07, 6.45) is 1.72. The van der Waals surface area contributed by atoms with E-state index in [2.05, 4.69) is 20.9 Å². The molecule has 1 aromatic carbocycles. The summed E-state index contributed by atoms with van der Waals surface area (Å²) in [5.74, 6) is 0. The maximum absolute atomic E-state index is 6.17. The monoisotopic (exact) mass is 270 g/mol. The highest BCUT2D eigenvalue weighted by atomic mass is 79.9. The van der Waals surface area contributed by atoms with Crippen molar-refractivity contribution in [3.05, 3.63) is 39.5 Å². The minimum absolute atomic E-state index is 0.411. The number of rotatable bonds is 1. The zero-order valence-corrected chi connectivity index (χ0v) is 9.64. The van der Waals surface area contributed by atoms with Crippen LogP contribution in [0, 0.1) is 0 Å². The molecule has 0 spiro atoms. The molecule has 72 valence electrons. The Morgan fingerprint density at radius 3 is 2.93 bits per heavy atom. The summed E-state index contributed by atoms with van der Waals surface area (Å²) in [4.78, 5) is 4.27. The third kappa shape index (κ3) is 1.63. The zero-order chi connectivity index (χ0) is 10.1. The summed E-state index contributed by atoms with van der Waals surface area (Å²) in [6, 6.07) is 5.81. The number of pyridine rings is 1. The predicted octanol–water partition coefficient (Wildman–Crippen LogP) is 3.11. The Morgan fingerprint density at radius 2 is 2.21 bits per heavy atom. The molecule has 0 unspecified atom stereocenters. The van der Waals surface area contributed by atoms with Gasteiger partial charge in [-0.3, -0.25) is 4.98 Å². The molecule has 0 atom stereocenters. The molecule has 1 heterocycles. The highest BCUT2D eigenvalue weighted by Crippen LogP contribution is 2.27.